The Labute approximate surface area is 73.6 Å². The van der Waals surface area contributed by atoms with E-state index >= 15 is 0 Å². The second-order valence-corrected chi connectivity index (χ2v) is 2.20. The second kappa shape index (κ2) is 3.81. The Hall–Kier alpha value is -1.70. The lowest BCUT2D eigenvalue weighted by Gasteiger charge is -2.03. The number of rotatable bonds is 2. The number of aromatic nitrogens is 1. The van der Waals surface area contributed by atoms with Crippen molar-refractivity contribution in [2.45, 2.75) is 6.43 Å². The van der Waals surface area contributed by atoms with E-state index in [0.717, 1.165) is 6.07 Å². The molecule has 0 spiro atoms. The van der Waals surface area contributed by atoms with Gasteiger partial charge < -0.3 is 4.74 Å². The number of nitrogens with zero attached hydrogens (tertiary/aromatic N) is 2. The van der Waals surface area contributed by atoms with Crippen molar-refractivity contribution in [2.24, 2.45) is 0 Å². The summed E-state index contributed by atoms with van der Waals surface area (Å²) in [6.07, 6.45) is -2.67. The number of methoxy groups -OCH3 is 1. The fourth-order valence-corrected chi connectivity index (χ4v) is 0.828. The van der Waals surface area contributed by atoms with Gasteiger partial charge in [0.05, 0.1) is 7.11 Å². The average Bonchev–Trinajstić information content (AvgIpc) is 2.16. The molecule has 0 aliphatic heterocycles. The minimum Gasteiger partial charge on any atom is -0.494 e. The molecule has 0 aliphatic rings. The van der Waals surface area contributed by atoms with Crippen LogP contribution in [0.4, 0.5) is 8.78 Å². The molecule has 5 heteroatoms. The molecule has 0 aromatic carbocycles. The van der Waals surface area contributed by atoms with Crippen molar-refractivity contribution in [3.05, 3.63) is 23.5 Å². The number of hydrogen-bond acceptors (Lipinski definition) is 3. The van der Waals surface area contributed by atoms with Crippen LogP contribution in [-0.2, 0) is 0 Å². The predicted octanol–water partition coefficient (Wildman–Crippen LogP) is 1.90. The quantitative estimate of drug-likeness (QED) is 0.705. The van der Waals surface area contributed by atoms with Gasteiger partial charge in [0.1, 0.15) is 11.8 Å². The summed E-state index contributed by atoms with van der Waals surface area (Å²) in [4.78, 5) is 3.43. The second-order valence-electron chi connectivity index (χ2n) is 2.20. The number of ether oxygens (including phenoxy) is 1. The molecule has 0 bridgehead atoms. The Morgan fingerprint density at radius 2 is 2.23 bits per heavy atom. The van der Waals surface area contributed by atoms with E-state index in [0.29, 0.717) is 0 Å². The van der Waals surface area contributed by atoms with E-state index in [1.807, 2.05) is 0 Å². The average molecular weight is 184 g/mol. The van der Waals surface area contributed by atoms with Gasteiger partial charge in [0, 0.05) is 0 Å². The van der Waals surface area contributed by atoms with Crippen molar-refractivity contribution in [1.29, 1.82) is 5.26 Å². The Kier molecular flexibility index (Phi) is 2.75. The summed E-state index contributed by atoms with van der Waals surface area (Å²) in [7, 11) is 1.35. The molecule has 0 amide bonds. The van der Waals surface area contributed by atoms with Crippen molar-refractivity contribution in [1.82, 2.24) is 4.98 Å². The van der Waals surface area contributed by atoms with Crippen molar-refractivity contribution in [3.63, 3.8) is 0 Å². The summed E-state index contributed by atoms with van der Waals surface area (Å²) in [6.45, 7) is 0. The standard InChI is InChI=1S/C8H6F2N2O/c1-13-7-3-2-5(8(9)10)12-6(7)4-11/h2-3,8H,1H3. The van der Waals surface area contributed by atoms with Gasteiger partial charge in [0.25, 0.3) is 6.43 Å². The van der Waals surface area contributed by atoms with Crippen LogP contribution in [0, 0.1) is 11.3 Å². The minimum atomic E-state index is -2.67. The zero-order valence-corrected chi connectivity index (χ0v) is 6.79. The Morgan fingerprint density at radius 3 is 2.69 bits per heavy atom. The van der Waals surface area contributed by atoms with Gasteiger partial charge in [-0.15, -0.1) is 0 Å². The first-order valence-electron chi connectivity index (χ1n) is 3.42. The van der Waals surface area contributed by atoms with Gasteiger partial charge in [-0.2, -0.15) is 5.26 Å². The molecule has 0 unspecified atom stereocenters. The number of pyridine rings is 1. The molecule has 0 radical (unpaired) electrons. The summed E-state index contributed by atoms with van der Waals surface area (Å²) in [5.41, 5.74) is -0.544. The van der Waals surface area contributed by atoms with Crippen molar-refractivity contribution >= 4 is 0 Å². The summed E-state index contributed by atoms with van der Waals surface area (Å²) >= 11 is 0. The van der Waals surface area contributed by atoms with Gasteiger partial charge in [-0.1, -0.05) is 0 Å². The summed E-state index contributed by atoms with van der Waals surface area (Å²) in [6, 6.07) is 4.10. The minimum absolute atomic E-state index is 0.125. The molecular weight excluding hydrogens is 178 g/mol. The molecule has 0 saturated heterocycles. The summed E-state index contributed by atoms with van der Waals surface area (Å²) in [5, 5.41) is 8.52. The highest BCUT2D eigenvalue weighted by molar-refractivity contribution is 5.38. The van der Waals surface area contributed by atoms with Crippen LogP contribution in [0.1, 0.15) is 17.8 Å². The molecule has 1 aromatic rings. The Balaban J connectivity index is 3.15. The molecule has 13 heavy (non-hydrogen) atoms. The predicted molar refractivity (Wildman–Crippen MR) is 40.5 cm³/mol. The van der Waals surface area contributed by atoms with Crippen molar-refractivity contribution in [3.8, 4) is 11.8 Å². The van der Waals surface area contributed by atoms with E-state index in [-0.39, 0.29) is 11.4 Å². The lowest BCUT2D eigenvalue weighted by atomic mass is 10.3. The molecule has 3 nitrogen and oxygen atoms in total. The van der Waals surface area contributed by atoms with Gasteiger partial charge >= 0.3 is 0 Å². The number of nitriles is 1. The SMILES string of the molecule is COc1ccc(C(F)F)nc1C#N. The van der Waals surface area contributed by atoms with E-state index in [4.69, 9.17) is 10.00 Å². The van der Waals surface area contributed by atoms with E-state index in [9.17, 15) is 8.78 Å². The van der Waals surface area contributed by atoms with Crippen LogP contribution in [0.2, 0.25) is 0 Å². The topological polar surface area (TPSA) is 45.9 Å². The lowest BCUT2D eigenvalue weighted by Crippen LogP contribution is -1.96. The molecule has 1 rings (SSSR count). The smallest absolute Gasteiger partial charge is 0.280 e. The van der Waals surface area contributed by atoms with Crippen LogP contribution in [0.15, 0.2) is 12.1 Å². The Bertz CT molecular complexity index is 346. The molecule has 0 fully saturated rings. The molecule has 0 aliphatic carbocycles. The fourth-order valence-electron chi connectivity index (χ4n) is 0.828. The highest BCUT2D eigenvalue weighted by Crippen LogP contribution is 2.21. The number of halogens is 2. The fraction of sp³-hybridized carbons (Fsp3) is 0.250. The van der Waals surface area contributed by atoms with Crippen LogP contribution in [-0.4, -0.2) is 12.1 Å². The molecule has 0 saturated carbocycles. The van der Waals surface area contributed by atoms with Crippen LogP contribution in [0.3, 0.4) is 0 Å². The summed E-state index contributed by atoms with van der Waals surface area (Å²) < 4.78 is 29.0. The molecular formula is C8H6F2N2O. The van der Waals surface area contributed by atoms with Gasteiger partial charge in [-0.05, 0) is 12.1 Å². The lowest BCUT2D eigenvalue weighted by molar-refractivity contribution is 0.146. The molecule has 0 atom stereocenters. The molecule has 68 valence electrons. The van der Waals surface area contributed by atoms with E-state index in [1.165, 1.54) is 13.2 Å². The largest absolute Gasteiger partial charge is 0.494 e. The van der Waals surface area contributed by atoms with E-state index < -0.39 is 12.1 Å². The van der Waals surface area contributed by atoms with Gasteiger partial charge in [0.2, 0.25) is 0 Å². The number of alkyl halides is 2. The van der Waals surface area contributed by atoms with Gasteiger partial charge in [0.15, 0.2) is 11.4 Å². The highest BCUT2D eigenvalue weighted by Gasteiger charge is 2.12. The zero-order chi connectivity index (χ0) is 9.84. The van der Waals surface area contributed by atoms with Crippen molar-refractivity contribution in [2.75, 3.05) is 7.11 Å². The highest BCUT2D eigenvalue weighted by atomic mass is 19.3. The van der Waals surface area contributed by atoms with Crippen LogP contribution in [0.5, 0.6) is 5.75 Å². The molecule has 0 N–H and O–H groups in total. The normalized spacial score (nSPS) is 9.77. The summed E-state index contributed by atoms with van der Waals surface area (Å²) in [5.74, 6) is 0.201. The van der Waals surface area contributed by atoms with Crippen LogP contribution >= 0.6 is 0 Å². The third kappa shape index (κ3) is 1.90. The van der Waals surface area contributed by atoms with Gasteiger partial charge in [-0.3, -0.25) is 0 Å². The maximum Gasteiger partial charge on any atom is 0.280 e. The van der Waals surface area contributed by atoms with E-state index in [1.54, 1.807) is 6.07 Å². The first-order chi connectivity index (χ1) is 6.19. The molecule has 1 aromatic heterocycles. The van der Waals surface area contributed by atoms with Gasteiger partial charge in [-0.25, -0.2) is 13.8 Å². The number of hydrogen-bond donors (Lipinski definition) is 0. The molecule has 1 heterocycles. The third-order valence-corrected chi connectivity index (χ3v) is 1.43. The third-order valence-electron chi connectivity index (χ3n) is 1.43. The first-order valence-corrected chi connectivity index (χ1v) is 3.42. The first kappa shape index (κ1) is 9.39. The van der Waals surface area contributed by atoms with Crippen LogP contribution < -0.4 is 4.74 Å². The van der Waals surface area contributed by atoms with Crippen LogP contribution in [0.25, 0.3) is 0 Å². The maximum absolute atomic E-state index is 12.1. The monoisotopic (exact) mass is 184 g/mol. The maximum atomic E-state index is 12.1. The van der Waals surface area contributed by atoms with E-state index in [2.05, 4.69) is 4.98 Å². The Morgan fingerprint density at radius 1 is 1.54 bits per heavy atom. The van der Waals surface area contributed by atoms with Crippen molar-refractivity contribution < 1.29 is 13.5 Å². The zero-order valence-electron chi connectivity index (χ0n) is 6.79.